The third-order valence-electron chi connectivity index (χ3n) is 2.87. The third-order valence-corrected chi connectivity index (χ3v) is 2.87. The molecule has 0 spiro atoms. The molecule has 5 heteroatoms. The highest BCUT2D eigenvalue weighted by atomic mass is 16.5. The van der Waals surface area contributed by atoms with E-state index in [0.717, 1.165) is 41.7 Å². The van der Waals surface area contributed by atoms with Crippen molar-refractivity contribution in [2.75, 3.05) is 24.8 Å². The molecule has 0 atom stereocenters. The first-order valence-corrected chi connectivity index (χ1v) is 6.72. The first-order valence-electron chi connectivity index (χ1n) is 6.72. The maximum atomic E-state index is 5.33. The average Bonchev–Trinajstić information content (AvgIpc) is 2.48. The highest BCUT2D eigenvalue weighted by Crippen LogP contribution is 2.26. The van der Waals surface area contributed by atoms with Gasteiger partial charge in [-0.25, -0.2) is 9.97 Å². The van der Waals surface area contributed by atoms with Crippen LogP contribution < -0.4 is 15.4 Å². The van der Waals surface area contributed by atoms with Crippen molar-refractivity contribution in [3.05, 3.63) is 36.2 Å². The molecule has 1 aromatic carbocycles. The van der Waals surface area contributed by atoms with Crippen LogP contribution in [0.15, 0.2) is 30.3 Å². The number of nitrogens with zero attached hydrogens (tertiary/aromatic N) is 2. The maximum absolute atomic E-state index is 5.33. The van der Waals surface area contributed by atoms with E-state index < -0.39 is 0 Å². The number of anilines is 3. The van der Waals surface area contributed by atoms with Gasteiger partial charge in [-0.1, -0.05) is 19.1 Å². The second-order valence-corrected chi connectivity index (χ2v) is 4.38. The first kappa shape index (κ1) is 14.1. The molecule has 2 rings (SSSR count). The fraction of sp³-hybridized carbons (Fsp3) is 0.333. The lowest BCUT2D eigenvalue weighted by Crippen LogP contribution is -2.04. The van der Waals surface area contributed by atoms with Crippen molar-refractivity contribution >= 4 is 17.3 Å². The molecule has 1 aromatic heterocycles. The number of nitrogens with one attached hydrogen (secondary N) is 2. The average molecular weight is 272 g/mol. The van der Waals surface area contributed by atoms with Crippen LogP contribution in [0.1, 0.15) is 19.2 Å². The van der Waals surface area contributed by atoms with Gasteiger partial charge < -0.3 is 15.4 Å². The van der Waals surface area contributed by atoms with Crippen molar-refractivity contribution in [1.82, 2.24) is 9.97 Å². The Balaban J connectivity index is 2.30. The van der Waals surface area contributed by atoms with Crippen molar-refractivity contribution in [3.63, 3.8) is 0 Å². The van der Waals surface area contributed by atoms with E-state index in [1.807, 2.05) is 37.4 Å². The molecule has 0 aliphatic heterocycles. The maximum Gasteiger partial charge on any atom is 0.142 e. The van der Waals surface area contributed by atoms with Gasteiger partial charge in [-0.05, 0) is 18.6 Å². The van der Waals surface area contributed by atoms with Crippen LogP contribution >= 0.6 is 0 Å². The summed E-state index contributed by atoms with van der Waals surface area (Å²) in [5.41, 5.74) is 0.887. The number of para-hydroxylation sites is 2. The quantitative estimate of drug-likeness (QED) is 0.845. The molecule has 0 aliphatic carbocycles. The molecule has 0 radical (unpaired) electrons. The number of benzene rings is 1. The van der Waals surface area contributed by atoms with Crippen LogP contribution in [0.4, 0.5) is 17.3 Å². The van der Waals surface area contributed by atoms with Crippen molar-refractivity contribution in [1.29, 1.82) is 0 Å². The van der Waals surface area contributed by atoms with Gasteiger partial charge in [0.1, 0.15) is 23.2 Å². The van der Waals surface area contributed by atoms with Gasteiger partial charge in [-0.3, -0.25) is 0 Å². The lowest BCUT2D eigenvalue weighted by Gasteiger charge is -2.12. The zero-order chi connectivity index (χ0) is 14.4. The molecule has 1 heterocycles. The molecule has 2 aromatic rings. The second kappa shape index (κ2) is 6.75. The Bertz CT molecular complexity index is 572. The zero-order valence-corrected chi connectivity index (χ0v) is 12.1. The molecule has 0 bridgehead atoms. The van der Waals surface area contributed by atoms with Gasteiger partial charge in [0.25, 0.3) is 0 Å². The van der Waals surface area contributed by atoms with Gasteiger partial charge in [-0.15, -0.1) is 0 Å². The molecule has 0 fully saturated rings. The van der Waals surface area contributed by atoms with E-state index >= 15 is 0 Å². The Morgan fingerprint density at radius 1 is 1.15 bits per heavy atom. The van der Waals surface area contributed by atoms with Crippen LogP contribution in [0.5, 0.6) is 5.75 Å². The number of hydrogen-bond donors (Lipinski definition) is 2. The summed E-state index contributed by atoms with van der Waals surface area (Å²) in [5.74, 6) is 3.18. The fourth-order valence-corrected chi connectivity index (χ4v) is 1.91. The molecule has 106 valence electrons. The van der Waals surface area contributed by atoms with E-state index in [1.165, 1.54) is 0 Å². The van der Waals surface area contributed by atoms with E-state index in [0.29, 0.717) is 0 Å². The minimum Gasteiger partial charge on any atom is -0.495 e. The van der Waals surface area contributed by atoms with E-state index in [1.54, 1.807) is 7.11 Å². The van der Waals surface area contributed by atoms with Crippen LogP contribution in [-0.2, 0) is 6.42 Å². The van der Waals surface area contributed by atoms with Crippen LogP contribution in [0.2, 0.25) is 0 Å². The van der Waals surface area contributed by atoms with Crippen LogP contribution in [0.25, 0.3) is 0 Å². The number of aromatic nitrogens is 2. The smallest absolute Gasteiger partial charge is 0.142 e. The first-order chi connectivity index (χ1) is 9.76. The number of methoxy groups -OCH3 is 1. The van der Waals surface area contributed by atoms with E-state index in [4.69, 9.17) is 4.74 Å². The summed E-state index contributed by atoms with van der Waals surface area (Å²) in [6.07, 6.45) is 1.87. The summed E-state index contributed by atoms with van der Waals surface area (Å²) < 4.78 is 5.33. The molecule has 5 nitrogen and oxygen atoms in total. The summed E-state index contributed by atoms with van der Waals surface area (Å²) in [7, 11) is 3.51. The van der Waals surface area contributed by atoms with Crippen molar-refractivity contribution in [2.45, 2.75) is 19.8 Å². The molecular formula is C15H20N4O. The fourth-order valence-electron chi connectivity index (χ4n) is 1.91. The lowest BCUT2D eigenvalue weighted by atomic mass is 10.3. The molecule has 0 saturated heterocycles. The minimum absolute atomic E-state index is 0.761. The van der Waals surface area contributed by atoms with E-state index in [-0.39, 0.29) is 0 Å². The molecule has 20 heavy (non-hydrogen) atoms. The summed E-state index contributed by atoms with van der Waals surface area (Å²) in [4.78, 5) is 8.96. The third kappa shape index (κ3) is 3.38. The predicted molar refractivity (Wildman–Crippen MR) is 81.9 cm³/mol. The Kier molecular flexibility index (Phi) is 4.76. The largest absolute Gasteiger partial charge is 0.495 e. The second-order valence-electron chi connectivity index (χ2n) is 4.38. The molecule has 2 N–H and O–H groups in total. The van der Waals surface area contributed by atoms with E-state index in [9.17, 15) is 0 Å². The molecule has 0 saturated carbocycles. The van der Waals surface area contributed by atoms with Gasteiger partial charge in [0.15, 0.2) is 0 Å². The van der Waals surface area contributed by atoms with Gasteiger partial charge in [-0.2, -0.15) is 0 Å². The summed E-state index contributed by atoms with van der Waals surface area (Å²) in [6.45, 7) is 2.11. The highest BCUT2D eigenvalue weighted by Gasteiger charge is 2.06. The Morgan fingerprint density at radius 3 is 2.60 bits per heavy atom. The summed E-state index contributed by atoms with van der Waals surface area (Å²) in [5, 5.41) is 6.34. The summed E-state index contributed by atoms with van der Waals surface area (Å²) >= 11 is 0. The van der Waals surface area contributed by atoms with Crippen molar-refractivity contribution in [2.24, 2.45) is 0 Å². The minimum atomic E-state index is 0.761. The molecule has 0 amide bonds. The van der Waals surface area contributed by atoms with E-state index in [2.05, 4.69) is 27.5 Å². The van der Waals surface area contributed by atoms with Crippen molar-refractivity contribution < 1.29 is 4.74 Å². The van der Waals surface area contributed by atoms with Gasteiger partial charge in [0.05, 0.1) is 12.8 Å². The molecular weight excluding hydrogens is 252 g/mol. The van der Waals surface area contributed by atoms with Gasteiger partial charge in [0, 0.05) is 19.5 Å². The Labute approximate surface area is 119 Å². The lowest BCUT2D eigenvalue weighted by molar-refractivity contribution is 0.417. The topological polar surface area (TPSA) is 59.1 Å². The number of ether oxygens (including phenoxy) is 1. The van der Waals surface area contributed by atoms with Gasteiger partial charge in [0.2, 0.25) is 0 Å². The van der Waals surface area contributed by atoms with Crippen LogP contribution in [0, 0.1) is 0 Å². The number of rotatable bonds is 6. The Hall–Kier alpha value is -2.30. The van der Waals surface area contributed by atoms with Gasteiger partial charge >= 0.3 is 0 Å². The monoisotopic (exact) mass is 272 g/mol. The SMILES string of the molecule is CCCc1nc(NC)cc(Nc2ccccc2OC)n1. The van der Waals surface area contributed by atoms with Crippen LogP contribution in [0.3, 0.4) is 0 Å². The number of hydrogen-bond acceptors (Lipinski definition) is 5. The normalized spacial score (nSPS) is 10.2. The Morgan fingerprint density at radius 2 is 1.90 bits per heavy atom. The standard InChI is InChI=1S/C15H20N4O/c1-4-7-13-18-14(16-2)10-15(19-13)17-11-8-5-6-9-12(11)20-3/h5-6,8-10H,4,7H2,1-3H3,(H2,16,17,18,19). The zero-order valence-electron chi connectivity index (χ0n) is 12.1. The van der Waals surface area contributed by atoms with Crippen LogP contribution in [-0.4, -0.2) is 24.1 Å². The van der Waals surface area contributed by atoms with Crippen molar-refractivity contribution in [3.8, 4) is 5.75 Å². The number of aryl methyl sites for hydroxylation is 1. The molecule has 0 unspecified atom stereocenters. The highest BCUT2D eigenvalue weighted by molar-refractivity contribution is 5.65. The molecule has 0 aliphatic rings. The summed E-state index contributed by atoms with van der Waals surface area (Å²) in [6, 6.07) is 9.64. The predicted octanol–water partition coefficient (Wildman–Crippen LogP) is 3.22.